The molecular formula is C14H22FNO3. The van der Waals surface area contributed by atoms with Gasteiger partial charge in [-0.15, -0.1) is 0 Å². The quantitative estimate of drug-likeness (QED) is 0.674. The molecule has 0 saturated carbocycles. The van der Waals surface area contributed by atoms with Crippen molar-refractivity contribution in [2.24, 2.45) is 0 Å². The van der Waals surface area contributed by atoms with Crippen LogP contribution in [0.2, 0.25) is 0 Å². The van der Waals surface area contributed by atoms with Crippen molar-refractivity contribution in [1.29, 1.82) is 0 Å². The Hall–Kier alpha value is -1.17. The third-order valence-corrected chi connectivity index (χ3v) is 2.68. The van der Waals surface area contributed by atoms with E-state index in [2.05, 4.69) is 5.32 Å². The number of hydrogen-bond donors (Lipinski definition) is 2. The van der Waals surface area contributed by atoms with Gasteiger partial charge in [0.15, 0.2) is 0 Å². The third kappa shape index (κ3) is 6.00. The van der Waals surface area contributed by atoms with Gasteiger partial charge >= 0.3 is 0 Å². The molecule has 0 radical (unpaired) electrons. The summed E-state index contributed by atoms with van der Waals surface area (Å²) in [5, 5.41) is 12.7. The fourth-order valence-electron chi connectivity index (χ4n) is 1.57. The fourth-order valence-corrected chi connectivity index (χ4v) is 1.57. The number of aliphatic hydroxyl groups excluding tert-OH is 1. The van der Waals surface area contributed by atoms with Gasteiger partial charge in [-0.25, -0.2) is 4.39 Å². The van der Waals surface area contributed by atoms with Gasteiger partial charge in [-0.1, -0.05) is 6.07 Å². The summed E-state index contributed by atoms with van der Waals surface area (Å²) in [6, 6.07) is 4.82. The second kappa shape index (κ2) is 8.85. The van der Waals surface area contributed by atoms with Crippen LogP contribution < -0.4 is 5.32 Å². The van der Waals surface area contributed by atoms with Crippen molar-refractivity contribution < 1.29 is 19.0 Å². The van der Waals surface area contributed by atoms with Crippen molar-refractivity contribution in [3.05, 3.63) is 29.6 Å². The Morgan fingerprint density at radius 3 is 2.79 bits per heavy atom. The van der Waals surface area contributed by atoms with E-state index in [1.54, 1.807) is 19.1 Å². The standard InChI is InChI=1S/C14H22FNO3/c1-3-18-7-8-19-10-12(17)9-16-14-6-4-5-13(15)11(14)2/h4-6,12,16-17H,3,7-10H2,1-2H3. The van der Waals surface area contributed by atoms with Crippen molar-refractivity contribution in [1.82, 2.24) is 0 Å². The lowest BCUT2D eigenvalue weighted by Crippen LogP contribution is -2.26. The summed E-state index contributed by atoms with van der Waals surface area (Å²) in [6.45, 7) is 5.81. The molecule has 0 heterocycles. The van der Waals surface area contributed by atoms with Gasteiger partial charge in [-0.3, -0.25) is 0 Å². The van der Waals surface area contributed by atoms with E-state index in [-0.39, 0.29) is 12.4 Å². The molecule has 19 heavy (non-hydrogen) atoms. The number of halogens is 1. The molecule has 1 aromatic rings. The third-order valence-electron chi connectivity index (χ3n) is 2.68. The zero-order valence-electron chi connectivity index (χ0n) is 11.5. The highest BCUT2D eigenvalue weighted by Gasteiger charge is 2.07. The number of rotatable bonds is 9. The normalized spacial score (nSPS) is 12.4. The number of nitrogens with one attached hydrogen (secondary N) is 1. The van der Waals surface area contributed by atoms with E-state index in [9.17, 15) is 9.50 Å². The first-order chi connectivity index (χ1) is 9.15. The summed E-state index contributed by atoms with van der Waals surface area (Å²) in [5.74, 6) is -0.257. The molecule has 0 fully saturated rings. The maximum atomic E-state index is 13.3. The monoisotopic (exact) mass is 271 g/mol. The Kier molecular flexibility index (Phi) is 7.40. The van der Waals surface area contributed by atoms with E-state index >= 15 is 0 Å². The molecular weight excluding hydrogens is 249 g/mol. The van der Waals surface area contributed by atoms with Crippen LogP contribution in [0.25, 0.3) is 0 Å². The average molecular weight is 271 g/mol. The van der Waals surface area contributed by atoms with Gasteiger partial charge in [-0.2, -0.15) is 0 Å². The lowest BCUT2D eigenvalue weighted by atomic mass is 10.2. The number of aliphatic hydroxyl groups is 1. The Morgan fingerprint density at radius 1 is 1.32 bits per heavy atom. The van der Waals surface area contributed by atoms with Crippen LogP contribution >= 0.6 is 0 Å². The molecule has 0 saturated heterocycles. The van der Waals surface area contributed by atoms with Crippen LogP contribution in [0, 0.1) is 12.7 Å². The Balaban J connectivity index is 2.22. The van der Waals surface area contributed by atoms with E-state index in [1.165, 1.54) is 6.07 Å². The minimum atomic E-state index is -0.635. The summed E-state index contributed by atoms with van der Waals surface area (Å²) in [4.78, 5) is 0. The van der Waals surface area contributed by atoms with E-state index in [0.717, 1.165) is 0 Å². The van der Waals surface area contributed by atoms with Crippen LogP contribution in [0.4, 0.5) is 10.1 Å². The molecule has 2 N–H and O–H groups in total. The van der Waals surface area contributed by atoms with Crippen molar-refractivity contribution in [3.63, 3.8) is 0 Å². The molecule has 5 heteroatoms. The molecule has 0 amide bonds. The molecule has 1 atom stereocenters. The van der Waals surface area contributed by atoms with E-state index in [0.29, 0.717) is 37.6 Å². The second-order valence-corrected chi connectivity index (χ2v) is 4.22. The van der Waals surface area contributed by atoms with Crippen LogP contribution in [0.15, 0.2) is 18.2 Å². The summed E-state index contributed by atoms with van der Waals surface area (Å²) in [6.07, 6.45) is -0.635. The summed E-state index contributed by atoms with van der Waals surface area (Å²) < 4.78 is 23.6. The number of hydrogen-bond acceptors (Lipinski definition) is 4. The highest BCUT2D eigenvalue weighted by molar-refractivity contribution is 5.50. The highest BCUT2D eigenvalue weighted by atomic mass is 19.1. The SMILES string of the molecule is CCOCCOCC(O)CNc1cccc(F)c1C. The molecule has 0 aliphatic carbocycles. The van der Waals surface area contributed by atoms with Gasteiger partial charge in [0, 0.05) is 24.4 Å². The van der Waals surface area contributed by atoms with Crippen LogP contribution in [-0.2, 0) is 9.47 Å². The molecule has 0 bridgehead atoms. The number of ether oxygens (including phenoxy) is 2. The van der Waals surface area contributed by atoms with Gasteiger partial charge < -0.3 is 19.9 Å². The van der Waals surface area contributed by atoms with Crippen molar-refractivity contribution in [2.75, 3.05) is 38.3 Å². The van der Waals surface area contributed by atoms with Gasteiger partial charge in [0.1, 0.15) is 5.82 Å². The van der Waals surface area contributed by atoms with Crippen LogP contribution in [0.5, 0.6) is 0 Å². The Morgan fingerprint density at radius 2 is 2.05 bits per heavy atom. The highest BCUT2D eigenvalue weighted by Crippen LogP contribution is 2.17. The van der Waals surface area contributed by atoms with Crippen LogP contribution in [0.1, 0.15) is 12.5 Å². The smallest absolute Gasteiger partial charge is 0.128 e. The minimum absolute atomic E-state index is 0.231. The number of anilines is 1. The molecule has 0 spiro atoms. The fraction of sp³-hybridized carbons (Fsp3) is 0.571. The predicted molar refractivity (Wildman–Crippen MR) is 72.9 cm³/mol. The predicted octanol–water partition coefficient (Wildman–Crippen LogP) is 1.96. The zero-order valence-corrected chi connectivity index (χ0v) is 11.5. The van der Waals surface area contributed by atoms with Gasteiger partial charge in [0.25, 0.3) is 0 Å². The molecule has 0 aromatic heterocycles. The largest absolute Gasteiger partial charge is 0.389 e. The lowest BCUT2D eigenvalue weighted by molar-refractivity contribution is 0.0103. The molecule has 1 unspecified atom stereocenters. The first kappa shape index (κ1) is 15.9. The summed E-state index contributed by atoms with van der Waals surface area (Å²) in [7, 11) is 0. The van der Waals surface area contributed by atoms with Crippen LogP contribution in [0.3, 0.4) is 0 Å². The van der Waals surface area contributed by atoms with Crippen molar-refractivity contribution in [2.45, 2.75) is 20.0 Å². The zero-order chi connectivity index (χ0) is 14.1. The maximum absolute atomic E-state index is 13.3. The second-order valence-electron chi connectivity index (χ2n) is 4.22. The Labute approximate surface area is 113 Å². The van der Waals surface area contributed by atoms with E-state index < -0.39 is 6.10 Å². The van der Waals surface area contributed by atoms with Gasteiger partial charge in [0.05, 0.1) is 25.9 Å². The maximum Gasteiger partial charge on any atom is 0.128 e. The topological polar surface area (TPSA) is 50.7 Å². The molecule has 1 rings (SSSR count). The van der Waals surface area contributed by atoms with Gasteiger partial charge in [-0.05, 0) is 26.0 Å². The van der Waals surface area contributed by atoms with E-state index in [4.69, 9.17) is 9.47 Å². The van der Waals surface area contributed by atoms with Crippen molar-refractivity contribution >= 4 is 5.69 Å². The number of benzene rings is 1. The minimum Gasteiger partial charge on any atom is -0.389 e. The summed E-state index contributed by atoms with van der Waals surface area (Å²) in [5.41, 5.74) is 1.24. The first-order valence-corrected chi connectivity index (χ1v) is 6.47. The lowest BCUT2D eigenvalue weighted by Gasteiger charge is -2.15. The molecule has 1 aromatic carbocycles. The molecule has 0 aliphatic heterocycles. The van der Waals surface area contributed by atoms with Gasteiger partial charge in [0.2, 0.25) is 0 Å². The Bertz CT molecular complexity index is 374. The first-order valence-electron chi connectivity index (χ1n) is 6.47. The molecule has 4 nitrogen and oxygen atoms in total. The average Bonchev–Trinajstić information content (AvgIpc) is 2.40. The van der Waals surface area contributed by atoms with Crippen LogP contribution in [-0.4, -0.2) is 44.2 Å². The summed E-state index contributed by atoms with van der Waals surface area (Å²) >= 11 is 0. The van der Waals surface area contributed by atoms with E-state index in [1.807, 2.05) is 6.92 Å². The molecule has 108 valence electrons. The van der Waals surface area contributed by atoms with Crippen molar-refractivity contribution in [3.8, 4) is 0 Å². The molecule has 0 aliphatic rings.